The summed E-state index contributed by atoms with van der Waals surface area (Å²) >= 11 is 0. The van der Waals surface area contributed by atoms with E-state index in [-0.39, 0.29) is 0 Å². The molecular formula is C20H33N. The molecule has 1 aromatic carbocycles. The van der Waals surface area contributed by atoms with E-state index in [4.69, 9.17) is 0 Å². The molecule has 1 aromatic rings. The second kappa shape index (κ2) is 6.52. The molecule has 0 heterocycles. The van der Waals surface area contributed by atoms with Gasteiger partial charge < -0.3 is 5.32 Å². The number of rotatable bonds is 4. The Bertz CT molecular complexity index is 487. The predicted molar refractivity (Wildman–Crippen MR) is 92.8 cm³/mol. The molecule has 1 N–H and O–H groups in total. The molecule has 1 aliphatic carbocycles. The summed E-state index contributed by atoms with van der Waals surface area (Å²) in [5.41, 5.74) is 6.25. The summed E-state index contributed by atoms with van der Waals surface area (Å²) in [7, 11) is 0. The van der Waals surface area contributed by atoms with Crippen LogP contribution < -0.4 is 5.32 Å². The first kappa shape index (κ1) is 16.5. The van der Waals surface area contributed by atoms with Crippen LogP contribution in [0.4, 0.5) is 0 Å². The van der Waals surface area contributed by atoms with Crippen molar-refractivity contribution in [2.75, 3.05) is 6.54 Å². The quantitative estimate of drug-likeness (QED) is 0.773. The van der Waals surface area contributed by atoms with Gasteiger partial charge in [0.2, 0.25) is 0 Å². The molecule has 0 aliphatic heterocycles. The molecule has 1 heteroatoms. The van der Waals surface area contributed by atoms with Gasteiger partial charge in [0, 0.05) is 6.04 Å². The largest absolute Gasteiger partial charge is 0.310 e. The Labute approximate surface area is 131 Å². The zero-order chi connectivity index (χ0) is 15.6. The van der Waals surface area contributed by atoms with Gasteiger partial charge in [-0.3, -0.25) is 0 Å². The molecule has 2 unspecified atom stereocenters. The van der Waals surface area contributed by atoms with E-state index in [0.717, 1.165) is 12.5 Å². The van der Waals surface area contributed by atoms with Crippen LogP contribution in [-0.4, -0.2) is 6.54 Å². The lowest BCUT2D eigenvalue weighted by atomic mass is 9.64. The fourth-order valence-electron chi connectivity index (χ4n) is 4.15. The van der Waals surface area contributed by atoms with E-state index in [1.165, 1.54) is 47.9 Å². The highest BCUT2D eigenvalue weighted by molar-refractivity contribution is 5.38. The molecule has 1 aliphatic rings. The van der Waals surface area contributed by atoms with E-state index in [2.05, 4.69) is 59.0 Å². The second-order valence-electron chi connectivity index (χ2n) is 7.67. The maximum atomic E-state index is 3.81. The molecule has 2 rings (SSSR count). The van der Waals surface area contributed by atoms with Crippen molar-refractivity contribution >= 4 is 0 Å². The van der Waals surface area contributed by atoms with Crippen molar-refractivity contribution in [2.24, 2.45) is 11.3 Å². The van der Waals surface area contributed by atoms with Crippen molar-refractivity contribution in [3.8, 4) is 0 Å². The van der Waals surface area contributed by atoms with Crippen LogP contribution >= 0.6 is 0 Å². The highest BCUT2D eigenvalue weighted by Gasteiger charge is 2.38. The van der Waals surface area contributed by atoms with E-state index in [1.807, 2.05) is 0 Å². The van der Waals surface area contributed by atoms with Crippen molar-refractivity contribution in [1.29, 1.82) is 0 Å². The molecule has 0 aromatic heterocycles. The summed E-state index contributed by atoms with van der Waals surface area (Å²) in [6.07, 6.45) is 5.51. The number of aryl methyl sites for hydroxylation is 3. The minimum absolute atomic E-state index is 0.441. The Kier molecular flexibility index (Phi) is 5.14. The molecule has 1 nitrogen and oxygen atoms in total. The molecule has 0 bridgehead atoms. The molecule has 2 atom stereocenters. The molecule has 118 valence electrons. The third kappa shape index (κ3) is 3.51. The fraction of sp³-hybridized carbons (Fsp3) is 0.700. The van der Waals surface area contributed by atoms with Crippen molar-refractivity contribution in [3.63, 3.8) is 0 Å². The third-order valence-electron chi connectivity index (χ3n) is 5.63. The van der Waals surface area contributed by atoms with Gasteiger partial charge in [-0.2, -0.15) is 0 Å². The first-order chi connectivity index (χ1) is 9.86. The smallest absolute Gasteiger partial charge is 0.0356 e. The monoisotopic (exact) mass is 287 g/mol. The minimum atomic E-state index is 0.441. The molecule has 1 saturated carbocycles. The highest BCUT2D eigenvalue weighted by Crippen LogP contribution is 2.47. The van der Waals surface area contributed by atoms with Crippen molar-refractivity contribution in [3.05, 3.63) is 34.4 Å². The van der Waals surface area contributed by atoms with E-state index in [0.29, 0.717) is 11.5 Å². The third-order valence-corrected chi connectivity index (χ3v) is 5.63. The minimum Gasteiger partial charge on any atom is -0.310 e. The standard InChI is InChI=1S/C20H33N/c1-7-21-19(18-10-8-9-11-20(18,5)6)17-13-15(3)14(2)12-16(17)4/h12-13,18-19,21H,7-11H2,1-6H3. The fourth-order valence-corrected chi connectivity index (χ4v) is 4.15. The van der Waals surface area contributed by atoms with Crippen LogP contribution in [0.3, 0.4) is 0 Å². The Morgan fingerprint density at radius 1 is 1.10 bits per heavy atom. The average molecular weight is 287 g/mol. The number of hydrogen-bond donors (Lipinski definition) is 1. The Balaban J connectivity index is 2.41. The van der Waals surface area contributed by atoms with E-state index in [1.54, 1.807) is 0 Å². The van der Waals surface area contributed by atoms with E-state index in [9.17, 15) is 0 Å². The lowest BCUT2D eigenvalue weighted by molar-refractivity contribution is 0.0986. The Morgan fingerprint density at radius 2 is 1.76 bits per heavy atom. The number of hydrogen-bond acceptors (Lipinski definition) is 1. The number of nitrogens with one attached hydrogen (secondary N) is 1. The van der Waals surface area contributed by atoms with Crippen LogP contribution in [0.1, 0.15) is 74.8 Å². The van der Waals surface area contributed by atoms with Gasteiger partial charge in [0.05, 0.1) is 0 Å². The summed E-state index contributed by atoms with van der Waals surface area (Å²) in [5, 5.41) is 3.81. The summed E-state index contributed by atoms with van der Waals surface area (Å²) in [5.74, 6) is 0.743. The highest BCUT2D eigenvalue weighted by atomic mass is 14.9. The van der Waals surface area contributed by atoms with Gasteiger partial charge >= 0.3 is 0 Å². The zero-order valence-corrected chi connectivity index (χ0v) is 14.8. The predicted octanol–water partition coefficient (Wildman–Crippen LogP) is 5.48. The molecule has 0 spiro atoms. The van der Waals surface area contributed by atoms with Gasteiger partial charge in [0.25, 0.3) is 0 Å². The Hall–Kier alpha value is -0.820. The lowest BCUT2D eigenvalue weighted by Crippen LogP contribution is -2.39. The summed E-state index contributed by atoms with van der Waals surface area (Å²) in [6.45, 7) is 15.0. The molecular weight excluding hydrogens is 254 g/mol. The molecule has 21 heavy (non-hydrogen) atoms. The SMILES string of the molecule is CCNC(c1cc(C)c(C)cc1C)C1CCCCC1(C)C. The topological polar surface area (TPSA) is 12.0 Å². The van der Waals surface area contributed by atoms with Crippen LogP contribution in [0.2, 0.25) is 0 Å². The summed E-state index contributed by atoms with van der Waals surface area (Å²) in [4.78, 5) is 0. The maximum Gasteiger partial charge on any atom is 0.0356 e. The van der Waals surface area contributed by atoms with Crippen molar-refractivity contribution < 1.29 is 0 Å². The van der Waals surface area contributed by atoms with Crippen LogP contribution in [0.5, 0.6) is 0 Å². The van der Waals surface area contributed by atoms with Crippen molar-refractivity contribution in [2.45, 2.75) is 73.3 Å². The van der Waals surface area contributed by atoms with Crippen LogP contribution in [0.25, 0.3) is 0 Å². The number of benzene rings is 1. The van der Waals surface area contributed by atoms with Crippen LogP contribution in [0, 0.1) is 32.1 Å². The first-order valence-electron chi connectivity index (χ1n) is 8.68. The lowest BCUT2D eigenvalue weighted by Gasteiger charge is -2.44. The van der Waals surface area contributed by atoms with Gasteiger partial charge in [0.15, 0.2) is 0 Å². The van der Waals surface area contributed by atoms with Crippen LogP contribution in [-0.2, 0) is 0 Å². The van der Waals surface area contributed by atoms with Gasteiger partial charge in [-0.05, 0) is 73.7 Å². The van der Waals surface area contributed by atoms with Gasteiger partial charge in [-0.1, -0.05) is 45.7 Å². The summed E-state index contributed by atoms with van der Waals surface area (Å²) < 4.78 is 0. The van der Waals surface area contributed by atoms with Crippen LogP contribution in [0.15, 0.2) is 12.1 Å². The maximum absolute atomic E-state index is 3.81. The Morgan fingerprint density at radius 3 is 2.38 bits per heavy atom. The normalized spacial score (nSPS) is 23.0. The molecule has 0 amide bonds. The van der Waals surface area contributed by atoms with Gasteiger partial charge in [-0.25, -0.2) is 0 Å². The van der Waals surface area contributed by atoms with Crippen molar-refractivity contribution in [1.82, 2.24) is 5.32 Å². The molecule has 0 radical (unpaired) electrons. The molecule has 1 fully saturated rings. The van der Waals surface area contributed by atoms with E-state index >= 15 is 0 Å². The first-order valence-corrected chi connectivity index (χ1v) is 8.68. The zero-order valence-electron chi connectivity index (χ0n) is 14.8. The van der Waals surface area contributed by atoms with Gasteiger partial charge in [-0.15, -0.1) is 0 Å². The van der Waals surface area contributed by atoms with E-state index < -0.39 is 0 Å². The molecule has 0 saturated heterocycles. The van der Waals surface area contributed by atoms with Gasteiger partial charge in [0.1, 0.15) is 0 Å². The average Bonchev–Trinajstić information content (AvgIpc) is 2.41. The second-order valence-corrected chi connectivity index (χ2v) is 7.67. The summed E-state index contributed by atoms with van der Waals surface area (Å²) in [6, 6.07) is 5.30.